The molecule has 0 aliphatic rings. The van der Waals surface area contributed by atoms with Gasteiger partial charge in [-0.3, -0.25) is 9.98 Å². The fraction of sp³-hybridized carbons (Fsp3) is 0.400. The van der Waals surface area contributed by atoms with Gasteiger partial charge >= 0.3 is 23.0 Å². The van der Waals surface area contributed by atoms with Gasteiger partial charge in [-0.05, 0) is 11.8 Å². The number of carbonyl (C=O) groups is 1. The molecule has 10 heteroatoms. The van der Waals surface area contributed by atoms with Crippen LogP contribution >= 0.6 is 0 Å². The van der Waals surface area contributed by atoms with Crippen LogP contribution in [-0.4, -0.2) is 52.0 Å². The Balaban J connectivity index is 0.00000361. The topological polar surface area (TPSA) is 163 Å². The Morgan fingerprint density at radius 3 is 2.70 bits per heavy atom. The fourth-order valence-corrected chi connectivity index (χ4v) is 1.23. The molecule has 0 spiro atoms. The van der Waals surface area contributed by atoms with E-state index in [-0.39, 0.29) is 30.0 Å². The second kappa shape index (κ2) is 9.07. The monoisotopic (exact) mass is 330 g/mol. The Kier molecular flexibility index (Phi) is 8.21. The third-order valence-corrected chi connectivity index (χ3v) is 2.12. The molecule has 1 heterocycles. The number of rotatable bonds is 7. The first-order valence-corrected chi connectivity index (χ1v) is 5.37. The average Bonchev–Trinajstić information content (AvgIpc) is 2.87. The average molecular weight is 331 g/mol. The summed E-state index contributed by atoms with van der Waals surface area (Å²) >= 11 is 0. The Morgan fingerprint density at radius 2 is 2.20 bits per heavy atom. The third kappa shape index (κ3) is 6.32. The predicted octanol–water partition coefficient (Wildman–Crippen LogP) is -3.12. The molecule has 0 aliphatic carbocycles. The number of nitrogens with zero attached hydrogens (tertiary/aromatic N) is 3. The van der Waals surface area contributed by atoms with Gasteiger partial charge in [0, 0.05) is 24.9 Å². The molecular formula is C10H13CuN5O4. The second-order valence-electron chi connectivity index (χ2n) is 3.57. The fourth-order valence-electron chi connectivity index (χ4n) is 1.23. The van der Waals surface area contributed by atoms with E-state index in [1.165, 1.54) is 12.5 Å². The number of aliphatic imine (C=N–C) groups is 2. The van der Waals surface area contributed by atoms with E-state index in [1.54, 1.807) is 0 Å². The van der Waals surface area contributed by atoms with Gasteiger partial charge in [-0.15, -0.1) is 0 Å². The molecule has 4 N–H and O–H groups in total. The molecule has 113 valence electrons. The first kappa shape index (κ1) is 18.1. The zero-order valence-electron chi connectivity index (χ0n) is 10.2. The number of imidazole rings is 1. The third-order valence-electron chi connectivity index (χ3n) is 2.12. The summed E-state index contributed by atoms with van der Waals surface area (Å²) in [5.41, 5.74) is 5.55. The minimum atomic E-state index is -1.24. The molecule has 9 nitrogen and oxygen atoms in total. The molecule has 0 saturated carbocycles. The smallest absolute Gasteiger partial charge is 0.861 e. The van der Waals surface area contributed by atoms with E-state index in [0.29, 0.717) is 5.69 Å². The maximum absolute atomic E-state index is 11.4. The van der Waals surface area contributed by atoms with Crippen LogP contribution in [0, 0.1) is 0 Å². The zero-order valence-corrected chi connectivity index (χ0v) is 11.2. The molecule has 1 unspecified atom stereocenters. The number of H-pyrrole nitrogens is 1. The van der Waals surface area contributed by atoms with Crippen molar-refractivity contribution in [2.24, 2.45) is 15.7 Å². The minimum Gasteiger partial charge on any atom is -0.861 e. The summed E-state index contributed by atoms with van der Waals surface area (Å²) in [6.45, 7) is -0.799. The van der Waals surface area contributed by atoms with Crippen LogP contribution in [0.1, 0.15) is 5.69 Å². The van der Waals surface area contributed by atoms with Gasteiger partial charge in [0.05, 0.1) is 12.9 Å². The number of aliphatic carboxylic acids is 1. The number of aromatic nitrogens is 2. The van der Waals surface area contributed by atoms with Crippen molar-refractivity contribution in [3.05, 3.63) is 18.2 Å². The minimum absolute atomic E-state index is 0. The first-order chi connectivity index (χ1) is 9.02. The summed E-state index contributed by atoms with van der Waals surface area (Å²) in [6, 6.07) is -1.24. The van der Waals surface area contributed by atoms with Crippen molar-refractivity contribution in [2.45, 2.75) is 12.5 Å². The number of carboxylic acids is 1. The van der Waals surface area contributed by atoms with E-state index >= 15 is 0 Å². The van der Waals surface area contributed by atoms with Crippen molar-refractivity contribution in [1.29, 1.82) is 0 Å². The molecule has 0 aromatic carbocycles. The Bertz CT molecular complexity index is 474. The summed E-state index contributed by atoms with van der Waals surface area (Å²) in [7, 11) is 0. The van der Waals surface area contributed by atoms with Crippen molar-refractivity contribution in [1.82, 2.24) is 9.97 Å². The van der Waals surface area contributed by atoms with Crippen LogP contribution in [0.4, 0.5) is 0 Å². The standard InChI is InChI=1S/C10H15N5O4.Cu/c11-2-8(16)13-4-9(17)15-7(10(18)19)1-6-3-12-5-14-6;/h3,5,7H,1-2,4,11H2,(H,12,14)(H,13,16)(H,15,17)(H,18,19);/q;+2/p-2. The van der Waals surface area contributed by atoms with Gasteiger partial charge < -0.3 is 26.0 Å². The van der Waals surface area contributed by atoms with Gasteiger partial charge in [-0.25, -0.2) is 9.78 Å². The van der Waals surface area contributed by atoms with Crippen LogP contribution in [0.2, 0.25) is 0 Å². The summed E-state index contributed by atoms with van der Waals surface area (Å²) < 4.78 is 0. The molecule has 0 fully saturated rings. The van der Waals surface area contributed by atoms with Crippen molar-refractivity contribution >= 4 is 17.8 Å². The van der Waals surface area contributed by atoms with Gasteiger partial charge in [0.15, 0.2) is 6.04 Å². The Labute approximate surface area is 125 Å². The molecule has 1 aromatic rings. The molecule has 20 heavy (non-hydrogen) atoms. The molecule has 1 rings (SSSR count). The van der Waals surface area contributed by atoms with Crippen LogP contribution in [0.25, 0.3) is 0 Å². The van der Waals surface area contributed by atoms with E-state index in [9.17, 15) is 15.0 Å². The van der Waals surface area contributed by atoms with Crippen LogP contribution in [0.3, 0.4) is 0 Å². The molecule has 0 amide bonds. The molecule has 1 radical (unpaired) electrons. The van der Waals surface area contributed by atoms with Crippen molar-refractivity contribution in [2.75, 3.05) is 13.1 Å². The van der Waals surface area contributed by atoms with Crippen LogP contribution in [0.5, 0.6) is 0 Å². The van der Waals surface area contributed by atoms with Crippen molar-refractivity contribution < 1.29 is 37.2 Å². The number of aromatic amines is 1. The van der Waals surface area contributed by atoms with Crippen molar-refractivity contribution in [3.63, 3.8) is 0 Å². The van der Waals surface area contributed by atoms with Crippen molar-refractivity contribution in [3.8, 4) is 0 Å². The van der Waals surface area contributed by atoms with E-state index in [2.05, 4.69) is 20.0 Å². The molecule has 0 aliphatic heterocycles. The van der Waals surface area contributed by atoms with Gasteiger partial charge in [0.25, 0.3) is 0 Å². The Morgan fingerprint density at radius 1 is 1.50 bits per heavy atom. The molecule has 1 atom stereocenters. The van der Waals surface area contributed by atoms with Gasteiger partial charge in [-0.1, -0.05) is 0 Å². The number of carboxylic acid groups (broad SMARTS) is 1. The van der Waals surface area contributed by atoms with Crippen LogP contribution < -0.4 is 15.9 Å². The SMILES string of the molecule is NCC([O-])=NCC([O-])=NC(Cc1cnc[nH]1)C(=O)O.[Cu+2]. The predicted molar refractivity (Wildman–Crippen MR) is 62.5 cm³/mol. The second-order valence-corrected chi connectivity index (χ2v) is 3.57. The number of hydrogen-bond acceptors (Lipinski definition) is 7. The summed E-state index contributed by atoms with van der Waals surface area (Å²) in [5.74, 6) is -2.66. The normalized spacial score (nSPS) is 13.7. The maximum atomic E-state index is 11.4. The maximum Gasteiger partial charge on any atom is 2.00 e. The molecule has 0 bridgehead atoms. The summed E-state index contributed by atoms with van der Waals surface area (Å²) in [5, 5.41) is 31.1. The van der Waals surface area contributed by atoms with Crippen LogP contribution in [0.15, 0.2) is 22.5 Å². The van der Waals surface area contributed by atoms with E-state index < -0.39 is 30.4 Å². The molecule has 1 aromatic heterocycles. The number of nitrogens with one attached hydrogen (secondary N) is 1. The number of nitrogens with two attached hydrogens (primary N) is 1. The van der Waals surface area contributed by atoms with E-state index in [1.807, 2.05) is 0 Å². The van der Waals surface area contributed by atoms with Gasteiger partial charge in [-0.2, -0.15) is 0 Å². The number of hydrogen-bond donors (Lipinski definition) is 3. The molecule has 0 saturated heterocycles. The summed E-state index contributed by atoms with van der Waals surface area (Å²) in [6.07, 6.45) is 2.84. The van der Waals surface area contributed by atoms with Crippen LogP contribution in [-0.2, 0) is 28.3 Å². The van der Waals surface area contributed by atoms with Gasteiger partial charge in [0.2, 0.25) is 0 Å². The Hall–Kier alpha value is -1.90. The van der Waals surface area contributed by atoms with E-state index in [0.717, 1.165) is 0 Å². The quantitative estimate of drug-likeness (QED) is 0.272. The summed E-state index contributed by atoms with van der Waals surface area (Å²) in [4.78, 5) is 24.2. The first-order valence-electron chi connectivity index (χ1n) is 5.37. The van der Waals surface area contributed by atoms with Gasteiger partial charge in [0.1, 0.15) is 0 Å². The molecular weight excluding hydrogens is 318 g/mol. The largest absolute Gasteiger partial charge is 2.00 e. The van der Waals surface area contributed by atoms with E-state index in [4.69, 9.17) is 10.8 Å². The zero-order chi connectivity index (χ0) is 14.3.